The van der Waals surface area contributed by atoms with Gasteiger partial charge in [0.05, 0.1) is 0 Å². The molecule has 0 rings (SSSR count). The summed E-state index contributed by atoms with van der Waals surface area (Å²) in [6.45, 7) is 6.79. The predicted octanol–water partition coefficient (Wildman–Crippen LogP) is 1.54. The minimum Gasteiger partial charge on any atom is -0.479 e. The van der Waals surface area contributed by atoms with Gasteiger partial charge in [0.2, 0.25) is 0 Å². The van der Waals surface area contributed by atoms with Crippen molar-refractivity contribution in [3.8, 4) is 0 Å². The minimum absolute atomic E-state index is 0.636. The maximum absolute atomic E-state index is 11.2. The molecule has 0 aromatic heterocycles. The molecular formula is C10H17NO4. The van der Waals surface area contributed by atoms with E-state index in [0.29, 0.717) is 0 Å². The van der Waals surface area contributed by atoms with Gasteiger partial charge in [0, 0.05) is 0 Å². The van der Waals surface area contributed by atoms with E-state index in [2.05, 4.69) is 5.32 Å². The molecule has 0 aliphatic heterocycles. The molecule has 0 heterocycles. The third-order valence-corrected chi connectivity index (χ3v) is 1.32. The topological polar surface area (TPSA) is 75.6 Å². The number of rotatable bonds is 3. The van der Waals surface area contributed by atoms with Crippen LogP contribution in [0, 0.1) is 0 Å². The van der Waals surface area contributed by atoms with Crippen LogP contribution < -0.4 is 5.32 Å². The molecule has 0 fully saturated rings. The Labute approximate surface area is 89.1 Å². The molecule has 0 aliphatic rings. The summed E-state index contributed by atoms with van der Waals surface area (Å²) in [4.78, 5) is 21.9. The third kappa shape index (κ3) is 6.54. The Kier molecular flexibility index (Phi) is 4.84. The number of carboxylic acids is 1. The minimum atomic E-state index is -1.13. The molecule has 5 heteroatoms. The van der Waals surface area contributed by atoms with E-state index < -0.39 is 23.7 Å². The number of nitrogens with one attached hydrogen (secondary N) is 1. The number of aliphatic carboxylic acids is 1. The summed E-state index contributed by atoms with van der Waals surface area (Å²) in [6.07, 6.45) is 2.18. The molecule has 0 aromatic rings. The highest BCUT2D eigenvalue weighted by Crippen LogP contribution is 2.06. The van der Waals surface area contributed by atoms with Gasteiger partial charge in [-0.25, -0.2) is 9.59 Å². The van der Waals surface area contributed by atoms with Crippen LogP contribution in [0.25, 0.3) is 0 Å². The van der Waals surface area contributed by atoms with Crippen molar-refractivity contribution in [1.82, 2.24) is 5.32 Å². The summed E-state index contributed by atoms with van der Waals surface area (Å²) < 4.78 is 4.92. The zero-order valence-corrected chi connectivity index (χ0v) is 9.40. The molecule has 2 N–H and O–H groups in total. The second kappa shape index (κ2) is 5.38. The summed E-state index contributed by atoms with van der Waals surface area (Å²) in [5, 5.41) is 11.0. The number of hydrogen-bond acceptors (Lipinski definition) is 3. The van der Waals surface area contributed by atoms with Gasteiger partial charge < -0.3 is 15.2 Å². The molecule has 15 heavy (non-hydrogen) atoms. The van der Waals surface area contributed by atoms with Crippen LogP contribution in [0.5, 0.6) is 0 Å². The highest BCUT2D eigenvalue weighted by atomic mass is 16.6. The number of carbonyl (C=O) groups excluding carboxylic acids is 1. The maximum Gasteiger partial charge on any atom is 0.408 e. The van der Waals surface area contributed by atoms with Crippen molar-refractivity contribution in [3.05, 3.63) is 12.2 Å². The van der Waals surface area contributed by atoms with Crippen molar-refractivity contribution in [2.45, 2.75) is 39.3 Å². The lowest BCUT2D eigenvalue weighted by molar-refractivity contribution is -0.138. The van der Waals surface area contributed by atoms with Gasteiger partial charge in [-0.05, 0) is 27.7 Å². The summed E-state index contributed by atoms with van der Waals surface area (Å²) in [6, 6.07) is -1.05. The van der Waals surface area contributed by atoms with Gasteiger partial charge in [0.25, 0.3) is 0 Å². The standard InChI is InChI=1S/C10H17NO4/c1-5-6-7(8(12)13)11-9(14)15-10(2,3)4/h5-7H,1-4H3,(H,11,14)(H,12,13)/b6-5+/t7-/m1/s1. The molecule has 86 valence electrons. The van der Waals surface area contributed by atoms with Gasteiger partial charge in [0.1, 0.15) is 11.6 Å². The number of allylic oxidation sites excluding steroid dienone is 1. The normalized spacial score (nSPS) is 13.6. The second-order valence-electron chi connectivity index (χ2n) is 3.99. The van der Waals surface area contributed by atoms with Crippen molar-refractivity contribution < 1.29 is 19.4 Å². The van der Waals surface area contributed by atoms with Crippen LogP contribution in [0.1, 0.15) is 27.7 Å². The Morgan fingerprint density at radius 3 is 2.27 bits per heavy atom. The number of ether oxygens (including phenoxy) is 1. The predicted molar refractivity (Wildman–Crippen MR) is 55.6 cm³/mol. The van der Waals surface area contributed by atoms with E-state index in [1.165, 1.54) is 6.08 Å². The molecule has 0 bridgehead atoms. The number of hydrogen-bond donors (Lipinski definition) is 2. The SMILES string of the molecule is C/C=C/[C@@H](NC(=O)OC(C)(C)C)C(=O)O. The van der Waals surface area contributed by atoms with Crippen molar-refractivity contribution >= 4 is 12.1 Å². The van der Waals surface area contributed by atoms with Crippen LogP contribution in [0.15, 0.2) is 12.2 Å². The first-order valence-electron chi connectivity index (χ1n) is 4.61. The van der Waals surface area contributed by atoms with Crippen molar-refractivity contribution in [2.75, 3.05) is 0 Å². The van der Waals surface area contributed by atoms with Gasteiger partial charge in [-0.2, -0.15) is 0 Å². The zero-order valence-electron chi connectivity index (χ0n) is 9.40. The lowest BCUT2D eigenvalue weighted by Crippen LogP contribution is -2.42. The van der Waals surface area contributed by atoms with E-state index in [9.17, 15) is 9.59 Å². The molecule has 1 atom stereocenters. The fraction of sp³-hybridized carbons (Fsp3) is 0.600. The van der Waals surface area contributed by atoms with Gasteiger partial charge in [0.15, 0.2) is 0 Å². The lowest BCUT2D eigenvalue weighted by Gasteiger charge is -2.20. The highest BCUT2D eigenvalue weighted by molar-refractivity contribution is 5.81. The Morgan fingerprint density at radius 2 is 1.93 bits per heavy atom. The Bertz CT molecular complexity index is 265. The summed E-state index contributed by atoms with van der Waals surface area (Å²) >= 11 is 0. The summed E-state index contributed by atoms with van der Waals surface area (Å²) in [7, 11) is 0. The molecule has 1 amide bonds. The van der Waals surface area contributed by atoms with Crippen LogP contribution in [0.2, 0.25) is 0 Å². The first-order chi connectivity index (χ1) is 6.76. The van der Waals surface area contributed by atoms with E-state index in [0.717, 1.165) is 0 Å². The largest absolute Gasteiger partial charge is 0.479 e. The van der Waals surface area contributed by atoms with Gasteiger partial charge in [-0.15, -0.1) is 0 Å². The van der Waals surface area contributed by atoms with Crippen LogP contribution in [0.4, 0.5) is 4.79 Å². The fourth-order valence-electron chi connectivity index (χ4n) is 0.819. The van der Waals surface area contributed by atoms with Crippen LogP contribution in [-0.2, 0) is 9.53 Å². The molecule has 0 spiro atoms. The molecule has 0 radical (unpaired) electrons. The van der Waals surface area contributed by atoms with Crippen molar-refractivity contribution in [2.24, 2.45) is 0 Å². The fourth-order valence-corrected chi connectivity index (χ4v) is 0.819. The van der Waals surface area contributed by atoms with E-state index >= 15 is 0 Å². The molecular weight excluding hydrogens is 198 g/mol. The maximum atomic E-state index is 11.2. The molecule has 0 saturated heterocycles. The quantitative estimate of drug-likeness (QED) is 0.700. The third-order valence-electron chi connectivity index (χ3n) is 1.32. The second-order valence-corrected chi connectivity index (χ2v) is 3.99. The molecule has 5 nitrogen and oxygen atoms in total. The number of amides is 1. The summed E-state index contributed by atoms with van der Waals surface area (Å²) in [5.74, 6) is -1.13. The lowest BCUT2D eigenvalue weighted by atomic mass is 10.2. The van der Waals surface area contributed by atoms with Gasteiger partial charge >= 0.3 is 12.1 Å². The smallest absolute Gasteiger partial charge is 0.408 e. The molecule has 0 saturated carbocycles. The zero-order chi connectivity index (χ0) is 12.1. The van der Waals surface area contributed by atoms with Gasteiger partial charge in [-0.1, -0.05) is 12.2 Å². The van der Waals surface area contributed by atoms with Gasteiger partial charge in [-0.3, -0.25) is 0 Å². The number of carboxylic acid groups (broad SMARTS) is 1. The van der Waals surface area contributed by atoms with Crippen molar-refractivity contribution in [1.29, 1.82) is 0 Å². The van der Waals surface area contributed by atoms with Crippen molar-refractivity contribution in [3.63, 3.8) is 0 Å². The van der Waals surface area contributed by atoms with E-state index in [-0.39, 0.29) is 0 Å². The highest BCUT2D eigenvalue weighted by Gasteiger charge is 2.21. The van der Waals surface area contributed by atoms with Crippen LogP contribution in [-0.4, -0.2) is 28.8 Å². The van der Waals surface area contributed by atoms with E-state index in [1.807, 2.05) is 0 Å². The van der Waals surface area contributed by atoms with Crippen LogP contribution >= 0.6 is 0 Å². The molecule has 0 aromatic carbocycles. The first kappa shape index (κ1) is 13.5. The Hall–Kier alpha value is -1.52. The number of alkyl carbamates (subject to hydrolysis) is 1. The average molecular weight is 215 g/mol. The molecule has 0 aliphatic carbocycles. The summed E-state index contributed by atoms with van der Waals surface area (Å²) in [5.41, 5.74) is -0.636. The number of carbonyl (C=O) groups is 2. The molecule has 0 unspecified atom stereocenters. The van der Waals surface area contributed by atoms with E-state index in [4.69, 9.17) is 9.84 Å². The monoisotopic (exact) mass is 215 g/mol. The Morgan fingerprint density at radius 1 is 1.40 bits per heavy atom. The first-order valence-corrected chi connectivity index (χ1v) is 4.61. The Balaban J connectivity index is 4.30. The van der Waals surface area contributed by atoms with E-state index in [1.54, 1.807) is 33.8 Å². The van der Waals surface area contributed by atoms with Crippen LogP contribution in [0.3, 0.4) is 0 Å². The average Bonchev–Trinajstić information content (AvgIpc) is 1.99.